The molecule has 0 fully saturated rings. The van der Waals surface area contributed by atoms with Gasteiger partial charge in [0.25, 0.3) is 5.91 Å². The van der Waals surface area contributed by atoms with E-state index in [2.05, 4.69) is 34.6 Å². The van der Waals surface area contributed by atoms with Crippen LogP contribution in [0.5, 0.6) is 0 Å². The summed E-state index contributed by atoms with van der Waals surface area (Å²) < 4.78 is 0. The van der Waals surface area contributed by atoms with Crippen molar-refractivity contribution >= 4 is 23.0 Å². The van der Waals surface area contributed by atoms with Crippen molar-refractivity contribution in [2.75, 3.05) is 0 Å². The third-order valence-corrected chi connectivity index (χ3v) is 3.60. The number of rotatable bonds is 4. The van der Waals surface area contributed by atoms with E-state index < -0.39 is 0 Å². The van der Waals surface area contributed by atoms with E-state index in [9.17, 15) is 4.79 Å². The van der Waals surface area contributed by atoms with E-state index in [4.69, 9.17) is 0 Å². The molecule has 3 aromatic rings. The lowest BCUT2D eigenvalue weighted by molar-refractivity contribution is 0.0957. The highest BCUT2D eigenvalue weighted by Crippen LogP contribution is 2.17. The highest BCUT2D eigenvalue weighted by molar-refractivity contribution is 6.06. The van der Waals surface area contributed by atoms with Crippen molar-refractivity contribution in [1.82, 2.24) is 10.4 Å². The molecule has 110 valence electrons. The molecular weight excluding hydrogens is 274 g/mol. The minimum absolute atomic E-state index is 0.223. The molecule has 0 spiro atoms. The fraction of sp³-hybridized carbons (Fsp3) is 0.111. The van der Waals surface area contributed by atoms with Gasteiger partial charge in [-0.05, 0) is 23.6 Å². The first kappa shape index (κ1) is 14.1. The number of aromatic nitrogens is 1. The van der Waals surface area contributed by atoms with Crippen molar-refractivity contribution < 1.29 is 4.79 Å². The SMILES string of the molecule is CCc1ccc(/C=N/NC(=O)c2c[nH]c3ccccc23)cc1. The molecule has 1 amide bonds. The molecule has 4 nitrogen and oxygen atoms in total. The lowest BCUT2D eigenvalue weighted by Crippen LogP contribution is -2.17. The van der Waals surface area contributed by atoms with Crippen LogP contribution >= 0.6 is 0 Å². The number of para-hydroxylation sites is 1. The highest BCUT2D eigenvalue weighted by Gasteiger charge is 2.10. The van der Waals surface area contributed by atoms with Crippen LogP contribution in [0, 0.1) is 0 Å². The molecular formula is C18H17N3O. The maximum atomic E-state index is 12.2. The number of fused-ring (bicyclic) bond motifs is 1. The molecule has 0 atom stereocenters. The number of nitrogens with zero attached hydrogens (tertiary/aromatic N) is 1. The van der Waals surface area contributed by atoms with Crippen molar-refractivity contribution in [3.8, 4) is 0 Å². The number of hydrazone groups is 1. The summed E-state index contributed by atoms with van der Waals surface area (Å²) in [7, 11) is 0. The molecule has 0 aliphatic heterocycles. The van der Waals surface area contributed by atoms with Gasteiger partial charge in [-0.25, -0.2) is 5.43 Å². The number of H-pyrrole nitrogens is 1. The second-order valence-corrected chi connectivity index (χ2v) is 5.04. The fourth-order valence-corrected chi connectivity index (χ4v) is 2.32. The zero-order valence-corrected chi connectivity index (χ0v) is 12.3. The molecule has 1 aromatic heterocycles. The smallest absolute Gasteiger partial charge is 0.273 e. The van der Waals surface area contributed by atoms with Gasteiger partial charge in [-0.3, -0.25) is 4.79 Å². The van der Waals surface area contributed by atoms with Gasteiger partial charge in [0.05, 0.1) is 11.8 Å². The Balaban J connectivity index is 1.70. The average molecular weight is 291 g/mol. The molecule has 1 heterocycles. The molecule has 0 unspecified atom stereocenters. The van der Waals surface area contributed by atoms with Crippen LogP contribution in [0.15, 0.2) is 59.8 Å². The van der Waals surface area contributed by atoms with Gasteiger partial charge >= 0.3 is 0 Å². The number of amides is 1. The molecule has 0 saturated heterocycles. The number of nitrogens with one attached hydrogen (secondary N) is 2. The number of carbonyl (C=O) groups excluding carboxylic acids is 1. The Bertz CT molecular complexity index is 816. The van der Waals surface area contributed by atoms with E-state index in [-0.39, 0.29) is 5.91 Å². The van der Waals surface area contributed by atoms with Gasteiger partial charge in [0.2, 0.25) is 0 Å². The van der Waals surface area contributed by atoms with Gasteiger partial charge in [0, 0.05) is 17.1 Å². The molecule has 3 rings (SSSR count). The Labute approximate surface area is 128 Å². The van der Waals surface area contributed by atoms with E-state index in [1.165, 1.54) is 5.56 Å². The molecule has 0 bridgehead atoms. The number of carbonyl (C=O) groups is 1. The van der Waals surface area contributed by atoms with Crippen LogP contribution in [0.3, 0.4) is 0 Å². The van der Waals surface area contributed by atoms with Crippen LogP contribution < -0.4 is 5.43 Å². The first-order chi connectivity index (χ1) is 10.8. The van der Waals surface area contributed by atoms with Crippen LogP contribution in [0.4, 0.5) is 0 Å². The summed E-state index contributed by atoms with van der Waals surface area (Å²) in [5, 5.41) is 4.91. The zero-order valence-electron chi connectivity index (χ0n) is 12.3. The quantitative estimate of drug-likeness (QED) is 0.561. The molecule has 0 saturated carbocycles. The first-order valence-corrected chi connectivity index (χ1v) is 7.26. The van der Waals surface area contributed by atoms with E-state index in [0.717, 1.165) is 22.9 Å². The zero-order chi connectivity index (χ0) is 15.4. The van der Waals surface area contributed by atoms with Crippen LogP contribution in [-0.4, -0.2) is 17.1 Å². The predicted octanol–water partition coefficient (Wildman–Crippen LogP) is 3.49. The number of aromatic amines is 1. The van der Waals surface area contributed by atoms with Gasteiger partial charge in [0.15, 0.2) is 0 Å². The Morgan fingerprint density at radius 3 is 2.73 bits per heavy atom. The normalized spacial score (nSPS) is 11.1. The lowest BCUT2D eigenvalue weighted by atomic mass is 10.1. The van der Waals surface area contributed by atoms with Crippen molar-refractivity contribution in [3.05, 3.63) is 71.4 Å². The second-order valence-electron chi connectivity index (χ2n) is 5.04. The fourth-order valence-electron chi connectivity index (χ4n) is 2.32. The Morgan fingerprint density at radius 1 is 1.18 bits per heavy atom. The maximum Gasteiger partial charge on any atom is 0.273 e. The number of benzene rings is 2. The number of hydrogen-bond acceptors (Lipinski definition) is 2. The van der Waals surface area contributed by atoms with Crippen LogP contribution in [0.25, 0.3) is 10.9 Å². The maximum absolute atomic E-state index is 12.2. The van der Waals surface area contributed by atoms with Gasteiger partial charge in [0.1, 0.15) is 0 Å². The molecule has 0 radical (unpaired) electrons. The van der Waals surface area contributed by atoms with Crippen LogP contribution in [0.2, 0.25) is 0 Å². The van der Waals surface area contributed by atoms with Gasteiger partial charge < -0.3 is 4.98 Å². The molecule has 2 aromatic carbocycles. The summed E-state index contributed by atoms with van der Waals surface area (Å²) in [5.74, 6) is -0.223. The second kappa shape index (κ2) is 6.26. The van der Waals surface area contributed by atoms with Crippen molar-refractivity contribution in [2.45, 2.75) is 13.3 Å². The van der Waals surface area contributed by atoms with Gasteiger partial charge in [-0.15, -0.1) is 0 Å². The third-order valence-electron chi connectivity index (χ3n) is 3.60. The Kier molecular flexibility index (Phi) is 4.01. The summed E-state index contributed by atoms with van der Waals surface area (Å²) in [6.45, 7) is 2.12. The Morgan fingerprint density at radius 2 is 1.95 bits per heavy atom. The predicted molar refractivity (Wildman–Crippen MR) is 89.2 cm³/mol. The van der Waals surface area contributed by atoms with Crippen LogP contribution in [0.1, 0.15) is 28.4 Å². The van der Waals surface area contributed by atoms with Gasteiger partial charge in [-0.1, -0.05) is 49.4 Å². The monoisotopic (exact) mass is 291 g/mol. The largest absolute Gasteiger partial charge is 0.360 e. The van der Waals surface area contributed by atoms with Gasteiger partial charge in [-0.2, -0.15) is 5.10 Å². The topological polar surface area (TPSA) is 57.2 Å². The third kappa shape index (κ3) is 2.91. The van der Waals surface area contributed by atoms with Crippen molar-refractivity contribution in [2.24, 2.45) is 5.10 Å². The first-order valence-electron chi connectivity index (χ1n) is 7.26. The molecule has 0 aliphatic rings. The number of hydrogen-bond donors (Lipinski definition) is 2. The average Bonchev–Trinajstić information content (AvgIpc) is 2.99. The minimum Gasteiger partial charge on any atom is -0.360 e. The van der Waals surface area contributed by atoms with E-state index in [1.54, 1.807) is 12.4 Å². The molecule has 4 heteroatoms. The molecule has 0 aliphatic carbocycles. The number of aryl methyl sites for hydroxylation is 1. The standard InChI is InChI=1S/C18H17N3O/c1-2-13-7-9-14(10-8-13)11-20-21-18(22)16-12-19-17-6-4-3-5-15(16)17/h3-12,19H,2H2,1H3,(H,21,22)/b20-11+. The molecule has 2 N–H and O–H groups in total. The van der Waals surface area contributed by atoms with Crippen molar-refractivity contribution in [3.63, 3.8) is 0 Å². The summed E-state index contributed by atoms with van der Waals surface area (Å²) in [6.07, 6.45) is 4.35. The van der Waals surface area contributed by atoms with E-state index >= 15 is 0 Å². The lowest BCUT2D eigenvalue weighted by Gasteiger charge is -1.99. The summed E-state index contributed by atoms with van der Waals surface area (Å²) in [6, 6.07) is 15.8. The highest BCUT2D eigenvalue weighted by atomic mass is 16.2. The minimum atomic E-state index is -0.223. The Hall–Kier alpha value is -2.88. The van der Waals surface area contributed by atoms with E-state index in [1.807, 2.05) is 36.4 Å². The summed E-state index contributed by atoms with van der Waals surface area (Å²) in [5.41, 5.74) is 6.33. The van der Waals surface area contributed by atoms with Crippen LogP contribution in [-0.2, 0) is 6.42 Å². The van der Waals surface area contributed by atoms with E-state index in [0.29, 0.717) is 5.56 Å². The summed E-state index contributed by atoms with van der Waals surface area (Å²) in [4.78, 5) is 15.2. The van der Waals surface area contributed by atoms with Crippen molar-refractivity contribution in [1.29, 1.82) is 0 Å². The summed E-state index contributed by atoms with van der Waals surface area (Å²) >= 11 is 0. The molecule has 22 heavy (non-hydrogen) atoms.